The molecule has 112 valence electrons. The first-order valence-corrected chi connectivity index (χ1v) is 7.56. The predicted molar refractivity (Wildman–Crippen MR) is 92.2 cm³/mol. The molecule has 0 amide bonds. The predicted octanol–water partition coefficient (Wildman–Crippen LogP) is 3.42. The molecule has 0 saturated heterocycles. The van der Waals surface area contributed by atoms with Crippen LogP contribution in [0.5, 0.6) is 0 Å². The zero-order chi connectivity index (χ0) is 14.9. The number of rotatable bonds is 8. The molecule has 21 heavy (non-hydrogen) atoms. The summed E-state index contributed by atoms with van der Waals surface area (Å²) in [7, 11) is 0. The van der Waals surface area contributed by atoms with Gasteiger partial charge in [-0.2, -0.15) is 0 Å². The van der Waals surface area contributed by atoms with Gasteiger partial charge in [0.1, 0.15) is 0 Å². The van der Waals surface area contributed by atoms with Crippen molar-refractivity contribution < 1.29 is 0 Å². The molecule has 0 aliphatic rings. The third-order valence-electron chi connectivity index (χ3n) is 3.36. The molecule has 0 fully saturated rings. The van der Waals surface area contributed by atoms with Crippen molar-refractivity contribution >= 4 is 11.4 Å². The number of aryl methyl sites for hydroxylation is 2. The van der Waals surface area contributed by atoms with E-state index in [2.05, 4.69) is 78.3 Å². The van der Waals surface area contributed by atoms with Crippen LogP contribution in [0.2, 0.25) is 0 Å². The van der Waals surface area contributed by atoms with E-state index >= 15 is 0 Å². The molecule has 2 rings (SSSR count). The minimum absolute atomic E-state index is 0.938. The Morgan fingerprint density at radius 3 is 1.33 bits per heavy atom. The van der Waals surface area contributed by atoms with Crippen molar-refractivity contribution in [2.45, 2.75) is 13.8 Å². The summed E-state index contributed by atoms with van der Waals surface area (Å²) in [6.07, 6.45) is 0. The molecule has 3 heteroatoms. The van der Waals surface area contributed by atoms with Gasteiger partial charge in [0.15, 0.2) is 0 Å². The fourth-order valence-electron chi connectivity index (χ4n) is 2.06. The maximum atomic E-state index is 3.42. The Morgan fingerprint density at radius 2 is 0.952 bits per heavy atom. The highest BCUT2D eigenvalue weighted by Crippen LogP contribution is 2.08. The number of anilines is 2. The molecule has 0 radical (unpaired) electrons. The first-order chi connectivity index (χ1) is 10.2. The van der Waals surface area contributed by atoms with E-state index in [0.29, 0.717) is 0 Å². The summed E-state index contributed by atoms with van der Waals surface area (Å²) in [5, 5.41) is 10.2. The van der Waals surface area contributed by atoms with Gasteiger partial charge in [0, 0.05) is 37.6 Å². The van der Waals surface area contributed by atoms with E-state index in [1.54, 1.807) is 0 Å². The van der Waals surface area contributed by atoms with Crippen LogP contribution in [-0.4, -0.2) is 26.2 Å². The van der Waals surface area contributed by atoms with Gasteiger partial charge in [-0.3, -0.25) is 0 Å². The second-order valence-electron chi connectivity index (χ2n) is 5.34. The number of benzene rings is 2. The summed E-state index contributed by atoms with van der Waals surface area (Å²) in [4.78, 5) is 0. The standard InChI is InChI=1S/C18H25N3/c1-15-3-7-17(8-4-15)20-13-11-19-12-14-21-18-9-5-16(2)6-10-18/h3-10,19-21H,11-14H2,1-2H3. The molecule has 0 saturated carbocycles. The monoisotopic (exact) mass is 283 g/mol. The third-order valence-corrected chi connectivity index (χ3v) is 3.36. The van der Waals surface area contributed by atoms with Crippen molar-refractivity contribution in [2.75, 3.05) is 36.8 Å². The van der Waals surface area contributed by atoms with Crippen molar-refractivity contribution in [3.8, 4) is 0 Å². The summed E-state index contributed by atoms with van der Waals surface area (Å²) in [6, 6.07) is 17.0. The van der Waals surface area contributed by atoms with Gasteiger partial charge < -0.3 is 16.0 Å². The second kappa shape index (κ2) is 8.32. The third kappa shape index (κ3) is 5.88. The average Bonchev–Trinajstić information content (AvgIpc) is 2.50. The fourth-order valence-corrected chi connectivity index (χ4v) is 2.06. The van der Waals surface area contributed by atoms with Gasteiger partial charge >= 0.3 is 0 Å². The molecule has 0 spiro atoms. The maximum absolute atomic E-state index is 3.42. The number of hydrogen-bond acceptors (Lipinski definition) is 3. The Labute approximate surface area is 127 Å². The molecule has 0 bridgehead atoms. The van der Waals surface area contributed by atoms with Crippen LogP contribution in [0.15, 0.2) is 48.5 Å². The molecule has 0 unspecified atom stereocenters. The Bertz CT molecular complexity index is 468. The molecule has 0 aliphatic carbocycles. The zero-order valence-electron chi connectivity index (χ0n) is 12.9. The van der Waals surface area contributed by atoms with Crippen LogP contribution < -0.4 is 16.0 Å². The summed E-state index contributed by atoms with van der Waals surface area (Å²) < 4.78 is 0. The molecule has 2 aromatic rings. The highest BCUT2D eigenvalue weighted by atomic mass is 15.0. The average molecular weight is 283 g/mol. The van der Waals surface area contributed by atoms with Crippen LogP contribution in [-0.2, 0) is 0 Å². The Hall–Kier alpha value is -2.00. The molecule has 3 nitrogen and oxygen atoms in total. The molecule has 0 atom stereocenters. The quantitative estimate of drug-likeness (QED) is 0.650. The molecule has 2 aromatic carbocycles. The number of nitrogens with one attached hydrogen (secondary N) is 3. The molecule has 3 N–H and O–H groups in total. The lowest BCUT2D eigenvalue weighted by molar-refractivity contribution is 0.719. The smallest absolute Gasteiger partial charge is 0.0340 e. The largest absolute Gasteiger partial charge is 0.384 e. The normalized spacial score (nSPS) is 10.4. The molecular formula is C18H25N3. The molecular weight excluding hydrogens is 258 g/mol. The van der Waals surface area contributed by atoms with Gasteiger partial charge in [-0.05, 0) is 38.1 Å². The minimum Gasteiger partial charge on any atom is -0.384 e. The van der Waals surface area contributed by atoms with Crippen LogP contribution in [0.3, 0.4) is 0 Å². The van der Waals surface area contributed by atoms with Crippen molar-refractivity contribution in [3.05, 3.63) is 59.7 Å². The summed E-state index contributed by atoms with van der Waals surface area (Å²) in [5.74, 6) is 0. The lowest BCUT2D eigenvalue weighted by atomic mass is 10.2. The number of hydrogen-bond donors (Lipinski definition) is 3. The van der Waals surface area contributed by atoms with E-state index in [4.69, 9.17) is 0 Å². The summed E-state index contributed by atoms with van der Waals surface area (Å²) in [6.45, 7) is 8.01. The van der Waals surface area contributed by atoms with Gasteiger partial charge in [0.25, 0.3) is 0 Å². The Morgan fingerprint density at radius 1 is 0.571 bits per heavy atom. The van der Waals surface area contributed by atoms with Gasteiger partial charge in [-0.1, -0.05) is 35.4 Å². The van der Waals surface area contributed by atoms with E-state index < -0.39 is 0 Å². The first-order valence-electron chi connectivity index (χ1n) is 7.56. The Balaban J connectivity index is 1.52. The van der Waals surface area contributed by atoms with Crippen molar-refractivity contribution in [2.24, 2.45) is 0 Å². The van der Waals surface area contributed by atoms with Gasteiger partial charge in [0.2, 0.25) is 0 Å². The van der Waals surface area contributed by atoms with Gasteiger partial charge in [-0.25, -0.2) is 0 Å². The topological polar surface area (TPSA) is 36.1 Å². The van der Waals surface area contributed by atoms with Crippen LogP contribution in [0.4, 0.5) is 11.4 Å². The van der Waals surface area contributed by atoms with Crippen molar-refractivity contribution in [1.82, 2.24) is 5.32 Å². The maximum Gasteiger partial charge on any atom is 0.0340 e. The fraction of sp³-hybridized carbons (Fsp3) is 0.333. The lowest BCUT2D eigenvalue weighted by Crippen LogP contribution is -2.27. The molecule has 0 heterocycles. The van der Waals surface area contributed by atoms with E-state index in [0.717, 1.165) is 26.2 Å². The Kier molecular flexibility index (Phi) is 6.10. The molecule has 0 aromatic heterocycles. The SMILES string of the molecule is Cc1ccc(NCCNCCNc2ccc(C)cc2)cc1. The van der Waals surface area contributed by atoms with Crippen LogP contribution >= 0.6 is 0 Å². The second-order valence-corrected chi connectivity index (χ2v) is 5.34. The minimum atomic E-state index is 0.938. The van der Waals surface area contributed by atoms with Crippen LogP contribution in [0.1, 0.15) is 11.1 Å². The highest BCUT2D eigenvalue weighted by molar-refractivity contribution is 5.45. The van der Waals surface area contributed by atoms with Gasteiger partial charge in [0.05, 0.1) is 0 Å². The van der Waals surface area contributed by atoms with Gasteiger partial charge in [-0.15, -0.1) is 0 Å². The van der Waals surface area contributed by atoms with E-state index in [1.165, 1.54) is 22.5 Å². The zero-order valence-corrected chi connectivity index (χ0v) is 12.9. The van der Waals surface area contributed by atoms with E-state index in [-0.39, 0.29) is 0 Å². The van der Waals surface area contributed by atoms with E-state index in [9.17, 15) is 0 Å². The van der Waals surface area contributed by atoms with Crippen molar-refractivity contribution in [1.29, 1.82) is 0 Å². The van der Waals surface area contributed by atoms with Crippen LogP contribution in [0.25, 0.3) is 0 Å². The molecule has 0 aliphatic heterocycles. The summed E-state index contributed by atoms with van der Waals surface area (Å²) >= 11 is 0. The first kappa shape index (κ1) is 15.4. The summed E-state index contributed by atoms with van der Waals surface area (Å²) in [5.41, 5.74) is 4.95. The highest BCUT2D eigenvalue weighted by Gasteiger charge is 1.93. The lowest BCUT2D eigenvalue weighted by Gasteiger charge is -2.09. The van der Waals surface area contributed by atoms with E-state index in [1.807, 2.05) is 0 Å². The van der Waals surface area contributed by atoms with Crippen molar-refractivity contribution in [3.63, 3.8) is 0 Å². The van der Waals surface area contributed by atoms with Crippen LogP contribution in [0, 0.1) is 13.8 Å².